The zero-order chi connectivity index (χ0) is 10.6. The summed E-state index contributed by atoms with van der Waals surface area (Å²) in [6, 6.07) is 0.480. The van der Waals surface area contributed by atoms with Gasteiger partial charge in [-0.1, -0.05) is 0 Å². The van der Waals surface area contributed by atoms with E-state index in [1.165, 1.54) is 0 Å². The summed E-state index contributed by atoms with van der Waals surface area (Å²) in [5.41, 5.74) is 5.04. The molecule has 0 spiro atoms. The lowest BCUT2D eigenvalue weighted by Gasteiger charge is -2.37. The highest BCUT2D eigenvalue weighted by Gasteiger charge is 2.21. The molecule has 0 aromatic heterocycles. The van der Waals surface area contributed by atoms with Crippen molar-refractivity contribution in [2.75, 3.05) is 46.8 Å². The molecule has 0 aromatic carbocycles. The number of carbonyl (C=O) groups is 1. The Kier molecular flexibility index (Phi) is 4.31. The lowest BCUT2D eigenvalue weighted by atomic mass is 10.2. The van der Waals surface area contributed by atoms with Crippen molar-refractivity contribution in [1.82, 2.24) is 15.1 Å². The van der Waals surface area contributed by atoms with Gasteiger partial charge in [0.25, 0.3) is 0 Å². The van der Waals surface area contributed by atoms with E-state index in [4.69, 9.17) is 5.73 Å². The van der Waals surface area contributed by atoms with E-state index in [2.05, 4.69) is 29.2 Å². The van der Waals surface area contributed by atoms with E-state index in [1.54, 1.807) is 0 Å². The highest BCUT2D eigenvalue weighted by Crippen LogP contribution is 2.04. The van der Waals surface area contributed by atoms with Crippen LogP contribution in [0.1, 0.15) is 0 Å². The quantitative estimate of drug-likeness (QED) is 0.568. The molecule has 0 aliphatic carbocycles. The molecule has 82 valence electrons. The van der Waals surface area contributed by atoms with Crippen LogP contribution in [0.3, 0.4) is 0 Å². The number of nitrogens with zero attached hydrogens (tertiary/aromatic N) is 2. The van der Waals surface area contributed by atoms with Crippen LogP contribution < -0.4 is 11.1 Å². The maximum atomic E-state index is 10.5. The van der Waals surface area contributed by atoms with Crippen LogP contribution in [0.5, 0.6) is 0 Å². The Balaban J connectivity index is 2.24. The van der Waals surface area contributed by atoms with Gasteiger partial charge in [-0.2, -0.15) is 0 Å². The second-order valence-corrected chi connectivity index (χ2v) is 3.99. The van der Waals surface area contributed by atoms with Crippen LogP contribution in [0.15, 0.2) is 0 Å². The summed E-state index contributed by atoms with van der Waals surface area (Å²) in [5.74, 6) is -0.295. The van der Waals surface area contributed by atoms with Gasteiger partial charge < -0.3 is 16.0 Å². The summed E-state index contributed by atoms with van der Waals surface area (Å²) >= 11 is 0. The van der Waals surface area contributed by atoms with Gasteiger partial charge in [0.1, 0.15) is 0 Å². The number of carbonyl (C=O) groups excluding carboxylic acids is 1. The first-order chi connectivity index (χ1) is 6.59. The minimum atomic E-state index is -0.295. The number of piperazine rings is 1. The molecule has 1 aliphatic rings. The van der Waals surface area contributed by atoms with Crippen LogP contribution in [0, 0.1) is 0 Å². The van der Waals surface area contributed by atoms with Gasteiger partial charge in [-0.3, -0.25) is 9.69 Å². The zero-order valence-corrected chi connectivity index (χ0v) is 8.99. The van der Waals surface area contributed by atoms with Crippen molar-refractivity contribution < 1.29 is 4.79 Å². The van der Waals surface area contributed by atoms with E-state index < -0.39 is 0 Å². The third-order valence-corrected chi connectivity index (χ3v) is 2.66. The standard InChI is InChI=1S/C9H20N4O/c1-12-3-4-13(2)8(7-12)5-11-6-9(10)14/h8,11H,3-7H2,1-2H3,(H2,10,14). The Morgan fingerprint density at radius 1 is 1.50 bits per heavy atom. The van der Waals surface area contributed by atoms with Crippen LogP contribution in [0.4, 0.5) is 0 Å². The summed E-state index contributed by atoms with van der Waals surface area (Å²) in [6.07, 6.45) is 0. The van der Waals surface area contributed by atoms with Gasteiger partial charge in [0.05, 0.1) is 6.54 Å². The summed E-state index contributed by atoms with van der Waals surface area (Å²) in [6.45, 7) is 4.34. The average Bonchev–Trinajstić information content (AvgIpc) is 2.10. The summed E-state index contributed by atoms with van der Waals surface area (Å²) < 4.78 is 0. The highest BCUT2D eigenvalue weighted by atomic mass is 16.1. The Hall–Kier alpha value is -0.650. The largest absolute Gasteiger partial charge is 0.369 e. The Morgan fingerprint density at radius 2 is 2.21 bits per heavy atom. The van der Waals surface area contributed by atoms with Gasteiger partial charge in [0, 0.05) is 32.2 Å². The molecular weight excluding hydrogens is 180 g/mol. The Morgan fingerprint density at radius 3 is 2.86 bits per heavy atom. The van der Waals surface area contributed by atoms with Crippen LogP contribution in [-0.2, 0) is 4.79 Å². The maximum Gasteiger partial charge on any atom is 0.231 e. The molecule has 5 heteroatoms. The topological polar surface area (TPSA) is 61.6 Å². The smallest absolute Gasteiger partial charge is 0.231 e. The normalized spacial score (nSPS) is 25.1. The monoisotopic (exact) mass is 200 g/mol. The molecule has 0 radical (unpaired) electrons. The van der Waals surface area contributed by atoms with Gasteiger partial charge >= 0.3 is 0 Å². The lowest BCUT2D eigenvalue weighted by Crippen LogP contribution is -2.54. The third-order valence-electron chi connectivity index (χ3n) is 2.66. The molecule has 0 bridgehead atoms. The number of hydrogen-bond acceptors (Lipinski definition) is 4. The number of rotatable bonds is 4. The first-order valence-electron chi connectivity index (χ1n) is 4.97. The molecule has 1 atom stereocenters. The molecule has 14 heavy (non-hydrogen) atoms. The van der Waals surface area contributed by atoms with Crippen LogP contribution in [-0.4, -0.2) is 68.6 Å². The number of amides is 1. The Bertz CT molecular complexity index is 197. The highest BCUT2D eigenvalue weighted by molar-refractivity contribution is 5.75. The van der Waals surface area contributed by atoms with Crippen molar-refractivity contribution in [3.63, 3.8) is 0 Å². The molecule has 1 heterocycles. The fourth-order valence-electron chi connectivity index (χ4n) is 1.68. The summed E-state index contributed by atoms with van der Waals surface area (Å²) in [7, 11) is 4.23. The van der Waals surface area contributed by atoms with E-state index >= 15 is 0 Å². The van der Waals surface area contributed by atoms with E-state index in [9.17, 15) is 4.79 Å². The molecule has 0 aromatic rings. The second kappa shape index (κ2) is 5.29. The van der Waals surface area contributed by atoms with Gasteiger partial charge in [0.15, 0.2) is 0 Å². The van der Waals surface area contributed by atoms with Crippen molar-refractivity contribution in [3.8, 4) is 0 Å². The van der Waals surface area contributed by atoms with Crippen molar-refractivity contribution in [2.45, 2.75) is 6.04 Å². The number of hydrogen-bond donors (Lipinski definition) is 2. The van der Waals surface area contributed by atoms with Crippen molar-refractivity contribution in [1.29, 1.82) is 0 Å². The predicted molar refractivity (Wildman–Crippen MR) is 56.0 cm³/mol. The van der Waals surface area contributed by atoms with E-state index in [1.807, 2.05) is 0 Å². The van der Waals surface area contributed by atoms with E-state index in [0.717, 1.165) is 26.2 Å². The molecule has 1 fully saturated rings. The van der Waals surface area contributed by atoms with Crippen molar-refractivity contribution in [3.05, 3.63) is 0 Å². The molecule has 1 rings (SSSR count). The van der Waals surface area contributed by atoms with Gasteiger partial charge in [-0.15, -0.1) is 0 Å². The molecule has 3 N–H and O–H groups in total. The lowest BCUT2D eigenvalue weighted by molar-refractivity contribution is -0.117. The zero-order valence-electron chi connectivity index (χ0n) is 8.99. The van der Waals surface area contributed by atoms with Crippen LogP contribution >= 0.6 is 0 Å². The number of likely N-dealkylation sites (N-methyl/N-ethyl adjacent to an activating group) is 2. The van der Waals surface area contributed by atoms with Crippen molar-refractivity contribution >= 4 is 5.91 Å². The SMILES string of the molecule is CN1CCN(C)C(CNCC(N)=O)C1. The van der Waals surface area contributed by atoms with Gasteiger partial charge in [-0.05, 0) is 14.1 Å². The predicted octanol–water partition coefficient (Wildman–Crippen LogP) is -1.69. The molecule has 0 saturated carbocycles. The molecule has 5 nitrogen and oxygen atoms in total. The van der Waals surface area contributed by atoms with Crippen LogP contribution in [0.2, 0.25) is 0 Å². The first-order valence-corrected chi connectivity index (χ1v) is 4.97. The fraction of sp³-hybridized carbons (Fsp3) is 0.889. The molecule has 1 saturated heterocycles. The fourth-order valence-corrected chi connectivity index (χ4v) is 1.68. The maximum absolute atomic E-state index is 10.5. The van der Waals surface area contributed by atoms with E-state index in [0.29, 0.717) is 6.04 Å². The first kappa shape index (κ1) is 11.4. The average molecular weight is 200 g/mol. The van der Waals surface area contributed by atoms with Gasteiger partial charge in [0.2, 0.25) is 5.91 Å². The summed E-state index contributed by atoms with van der Waals surface area (Å²) in [5, 5.41) is 3.06. The van der Waals surface area contributed by atoms with Gasteiger partial charge in [-0.25, -0.2) is 0 Å². The number of nitrogens with one attached hydrogen (secondary N) is 1. The second-order valence-electron chi connectivity index (χ2n) is 3.99. The minimum Gasteiger partial charge on any atom is -0.369 e. The minimum absolute atomic E-state index is 0.272. The molecule has 1 unspecified atom stereocenters. The number of nitrogens with two attached hydrogens (primary N) is 1. The van der Waals surface area contributed by atoms with E-state index in [-0.39, 0.29) is 12.5 Å². The Labute approximate surface area is 85.2 Å². The third kappa shape index (κ3) is 3.61. The molecule has 1 amide bonds. The molecule has 1 aliphatic heterocycles. The van der Waals surface area contributed by atoms with Crippen molar-refractivity contribution in [2.24, 2.45) is 5.73 Å². The number of primary amides is 1. The van der Waals surface area contributed by atoms with Crippen LogP contribution in [0.25, 0.3) is 0 Å². The summed E-state index contributed by atoms with van der Waals surface area (Å²) in [4.78, 5) is 15.1. The molecular formula is C9H20N4O.